The summed E-state index contributed by atoms with van der Waals surface area (Å²) in [5, 5.41) is 6.38. The summed E-state index contributed by atoms with van der Waals surface area (Å²) < 4.78 is 0. The number of hydrogen-bond acceptors (Lipinski definition) is 3. The van der Waals surface area contributed by atoms with Crippen LogP contribution in [-0.4, -0.2) is 42.9 Å². The van der Waals surface area contributed by atoms with E-state index in [1.54, 1.807) is 0 Å². The Labute approximate surface area is 224 Å². The first-order valence-electron chi connectivity index (χ1n) is 13.3. The number of benzene rings is 4. The Bertz CT molecular complexity index is 1320. The SMILES string of the molecule is O=C(NCCN(CCC(c1ccccc1)c1ccccc1)C(=O)c1ccccc1)c1cccc2c1CCN2. The van der Waals surface area contributed by atoms with E-state index in [4.69, 9.17) is 0 Å². The Hall–Kier alpha value is -4.38. The highest BCUT2D eigenvalue weighted by molar-refractivity contribution is 5.97. The molecule has 2 amide bonds. The molecule has 0 bridgehead atoms. The van der Waals surface area contributed by atoms with E-state index in [0.717, 1.165) is 30.6 Å². The summed E-state index contributed by atoms with van der Waals surface area (Å²) >= 11 is 0. The van der Waals surface area contributed by atoms with Gasteiger partial charge in [-0.25, -0.2) is 0 Å². The van der Waals surface area contributed by atoms with Crippen LogP contribution in [0.25, 0.3) is 0 Å². The first-order valence-corrected chi connectivity index (χ1v) is 13.3. The molecule has 192 valence electrons. The number of hydrogen-bond donors (Lipinski definition) is 2. The minimum absolute atomic E-state index is 0.0236. The summed E-state index contributed by atoms with van der Waals surface area (Å²) in [6.07, 6.45) is 1.62. The maximum absolute atomic E-state index is 13.5. The first-order chi connectivity index (χ1) is 18.7. The summed E-state index contributed by atoms with van der Waals surface area (Å²) in [4.78, 5) is 28.4. The van der Waals surface area contributed by atoms with Crippen LogP contribution in [0.1, 0.15) is 49.7 Å². The third-order valence-corrected chi connectivity index (χ3v) is 7.18. The summed E-state index contributed by atoms with van der Waals surface area (Å²) in [5.41, 5.74) is 5.92. The fourth-order valence-electron chi connectivity index (χ4n) is 5.22. The fraction of sp³-hybridized carbons (Fsp3) is 0.212. The molecule has 0 aromatic heterocycles. The van der Waals surface area contributed by atoms with Gasteiger partial charge in [0, 0.05) is 48.9 Å². The second-order valence-corrected chi connectivity index (χ2v) is 9.59. The molecule has 5 nitrogen and oxygen atoms in total. The Kier molecular flexibility index (Phi) is 8.14. The summed E-state index contributed by atoms with van der Waals surface area (Å²) in [7, 11) is 0. The maximum atomic E-state index is 13.5. The van der Waals surface area contributed by atoms with Crippen molar-refractivity contribution in [1.82, 2.24) is 10.2 Å². The van der Waals surface area contributed by atoms with Gasteiger partial charge in [0.05, 0.1) is 0 Å². The summed E-state index contributed by atoms with van der Waals surface area (Å²) in [6, 6.07) is 36.0. The second-order valence-electron chi connectivity index (χ2n) is 9.59. The molecule has 0 spiro atoms. The van der Waals surface area contributed by atoms with E-state index >= 15 is 0 Å². The molecular weight excluding hydrogens is 470 g/mol. The van der Waals surface area contributed by atoms with Crippen molar-refractivity contribution in [1.29, 1.82) is 0 Å². The topological polar surface area (TPSA) is 61.4 Å². The lowest BCUT2D eigenvalue weighted by Crippen LogP contribution is -2.39. The average molecular weight is 504 g/mol. The summed E-state index contributed by atoms with van der Waals surface area (Å²) in [6.45, 7) is 2.24. The standard InChI is InChI=1S/C33H33N3O2/c37-32(30-17-10-18-31-29(30)19-21-34-31)35-22-24-36(33(38)27-15-8-3-9-16-27)23-20-28(25-11-4-1-5-12-25)26-13-6-2-7-14-26/h1-18,28,34H,19-24H2,(H,35,37). The number of fused-ring (bicyclic) bond motifs is 1. The van der Waals surface area contributed by atoms with Crippen LogP contribution in [0.3, 0.4) is 0 Å². The minimum atomic E-state index is -0.0934. The largest absolute Gasteiger partial charge is 0.384 e. The molecule has 1 aliphatic heterocycles. The zero-order chi connectivity index (χ0) is 26.2. The Morgan fingerprint density at radius 3 is 2.05 bits per heavy atom. The van der Waals surface area contributed by atoms with Crippen LogP contribution in [-0.2, 0) is 6.42 Å². The molecule has 0 fully saturated rings. The van der Waals surface area contributed by atoms with Crippen molar-refractivity contribution >= 4 is 17.5 Å². The zero-order valence-corrected chi connectivity index (χ0v) is 21.5. The summed E-state index contributed by atoms with van der Waals surface area (Å²) in [5.74, 6) is 0.0473. The number of nitrogens with zero attached hydrogens (tertiary/aromatic N) is 1. The average Bonchev–Trinajstić information content (AvgIpc) is 3.47. The van der Waals surface area contributed by atoms with Crippen LogP contribution in [0.5, 0.6) is 0 Å². The fourth-order valence-corrected chi connectivity index (χ4v) is 5.22. The molecule has 5 heteroatoms. The van der Waals surface area contributed by atoms with Gasteiger partial charge in [-0.1, -0.05) is 84.9 Å². The number of carbonyl (C=O) groups excluding carboxylic acids is 2. The van der Waals surface area contributed by atoms with Crippen LogP contribution in [0.2, 0.25) is 0 Å². The molecule has 0 radical (unpaired) electrons. The predicted octanol–water partition coefficient (Wildman–Crippen LogP) is 5.75. The van der Waals surface area contributed by atoms with Crippen LogP contribution >= 0.6 is 0 Å². The zero-order valence-electron chi connectivity index (χ0n) is 21.5. The number of nitrogens with one attached hydrogen (secondary N) is 2. The van der Waals surface area contributed by atoms with Gasteiger partial charge in [-0.15, -0.1) is 0 Å². The van der Waals surface area contributed by atoms with Gasteiger partial charge in [-0.3, -0.25) is 9.59 Å². The Morgan fingerprint density at radius 1 is 0.763 bits per heavy atom. The predicted molar refractivity (Wildman–Crippen MR) is 153 cm³/mol. The molecule has 0 aliphatic carbocycles. The molecule has 38 heavy (non-hydrogen) atoms. The van der Waals surface area contributed by atoms with Crippen molar-refractivity contribution in [3.63, 3.8) is 0 Å². The van der Waals surface area contributed by atoms with E-state index in [1.807, 2.05) is 65.6 Å². The molecule has 4 aromatic carbocycles. The number of amides is 2. The van der Waals surface area contributed by atoms with Gasteiger partial charge in [-0.05, 0) is 53.8 Å². The molecule has 0 saturated heterocycles. The van der Waals surface area contributed by atoms with Crippen LogP contribution in [0.15, 0.2) is 109 Å². The van der Waals surface area contributed by atoms with E-state index < -0.39 is 0 Å². The molecule has 1 heterocycles. The van der Waals surface area contributed by atoms with Crippen molar-refractivity contribution in [3.8, 4) is 0 Å². The monoisotopic (exact) mass is 503 g/mol. The van der Waals surface area contributed by atoms with Gasteiger partial charge in [0.2, 0.25) is 0 Å². The van der Waals surface area contributed by atoms with E-state index in [0.29, 0.717) is 30.8 Å². The van der Waals surface area contributed by atoms with Gasteiger partial charge in [0.1, 0.15) is 0 Å². The van der Waals surface area contributed by atoms with Crippen molar-refractivity contribution in [2.24, 2.45) is 0 Å². The third-order valence-electron chi connectivity index (χ3n) is 7.18. The van der Waals surface area contributed by atoms with Crippen molar-refractivity contribution in [2.75, 3.05) is 31.5 Å². The van der Waals surface area contributed by atoms with Crippen molar-refractivity contribution in [3.05, 3.63) is 137 Å². The minimum Gasteiger partial charge on any atom is -0.384 e. The van der Waals surface area contributed by atoms with E-state index in [9.17, 15) is 9.59 Å². The highest BCUT2D eigenvalue weighted by Crippen LogP contribution is 2.28. The Morgan fingerprint density at radius 2 is 1.39 bits per heavy atom. The van der Waals surface area contributed by atoms with Gasteiger partial charge in [-0.2, -0.15) is 0 Å². The van der Waals surface area contributed by atoms with Crippen LogP contribution < -0.4 is 10.6 Å². The molecule has 0 saturated carbocycles. The quantitative estimate of drug-likeness (QED) is 0.290. The molecule has 0 atom stereocenters. The highest BCUT2D eigenvalue weighted by atomic mass is 16.2. The lowest BCUT2D eigenvalue weighted by Gasteiger charge is -2.26. The smallest absolute Gasteiger partial charge is 0.253 e. The number of anilines is 1. The maximum Gasteiger partial charge on any atom is 0.253 e. The lowest BCUT2D eigenvalue weighted by atomic mass is 9.88. The van der Waals surface area contributed by atoms with Crippen molar-refractivity contribution in [2.45, 2.75) is 18.8 Å². The van der Waals surface area contributed by atoms with Gasteiger partial charge >= 0.3 is 0 Å². The molecule has 1 aliphatic rings. The molecule has 5 rings (SSSR count). The first kappa shape index (κ1) is 25.3. The van der Waals surface area contributed by atoms with Gasteiger partial charge in [0.25, 0.3) is 11.8 Å². The van der Waals surface area contributed by atoms with Crippen LogP contribution in [0, 0.1) is 0 Å². The Balaban J connectivity index is 1.30. The molecule has 0 unspecified atom stereocenters. The molecule has 2 N–H and O–H groups in total. The third kappa shape index (κ3) is 5.94. The van der Waals surface area contributed by atoms with E-state index in [2.05, 4.69) is 59.2 Å². The lowest BCUT2D eigenvalue weighted by molar-refractivity contribution is 0.0745. The second kappa shape index (κ2) is 12.2. The van der Waals surface area contributed by atoms with Gasteiger partial charge in [0.15, 0.2) is 0 Å². The molecular formula is C33H33N3O2. The van der Waals surface area contributed by atoms with Gasteiger partial charge < -0.3 is 15.5 Å². The van der Waals surface area contributed by atoms with Crippen LogP contribution in [0.4, 0.5) is 5.69 Å². The van der Waals surface area contributed by atoms with E-state index in [-0.39, 0.29) is 17.7 Å². The number of rotatable bonds is 10. The number of carbonyl (C=O) groups is 2. The molecule has 4 aromatic rings. The van der Waals surface area contributed by atoms with Crippen molar-refractivity contribution < 1.29 is 9.59 Å². The highest BCUT2D eigenvalue weighted by Gasteiger charge is 2.21. The van der Waals surface area contributed by atoms with E-state index in [1.165, 1.54) is 11.1 Å². The normalized spacial score (nSPS) is 12.0.